The summed E-state index contributed by atoms with van der Waals surface area (Å²) in [5.41, 5.74) is 3.70. The average Bonchev–Trinajstić information content (AvgIpc) is 3.14. The highest BCUT2D eigenvalue weighted by Gasteiger charge is 2.22. The Hall–Kier alpha value is -3.33. The van der Waals surface area contributed by atoms with Crippen molar-refractivity contribution < 1.29 is 13.9 Å². The molecule has 1 saturated heterocycles. The van der Waals surface area contributed by atoms with Crippen LogP contribution < -0.4 is 4.90 Å². The molecule has 0 saturated carbocycles. The zero-order valence-corrected chi connectivity index (χ0v) is 18.4. The van der Waals surface area contributed by atoms with Crippen molar-refractivity contribution in [2.75, 3.05) is 37.7 Å². The van der Waals surface area contributed by atoms with Crippen LogP contribution in [0.15, 0.2) is 42.9 Å². The summed E-state index contributed by atoms with van der Waals surface area (Å²) < 4.78 is 20.0. The van der Waals surface area contributed by atoms with Gasteiger partial charge in [0.1, 0.15) is 18.1 Å². The van der Waals surface area contributed by atoms with Gasteiger partial charge in [0.2, 0.25) is 0 Å². The molecule has 0 unspecified atom stereocenters. The van der Waals surface area contributed by atoms with Crippen molar-refractivity contribution in [3.05, 3.63) is 59.9 Å². The van der Waals surface area contributed by atoms with Crippen LogP contribution in [0, 0.1) is 12.7 Å². The second kappa shape index (κ2) is 9.86. The molecule has 0 N–H and O–H groups in total. The molecule has 0 radical (unpaired) electrons. The summed E-state index contributed by atoms with van der Waals surface area (Å²) in [6, 6.07) is 6.35. The van der Waals surface area contributed by atoms with Gasteiger partial charge in [-0.3, -0.25) is 19.4 Å². The predicted octanol–water partition coefficient (Wildman–Crippen LogP) is 2.67. The first-order chi connectivity index (χ1) is 15.5. The van der Waals surface area contributed by atoms with E-state index >= 15 is 0 Å². The van der Waals surface area contributed by atoms with Gasteiger partial charge in [-0.1, -0.05) is 0 Å². The minimum Gasteiger partial charge on any atom is -0.465 e. The quantitative estimate of drug-likeness (QED) is 0.525. The van der Waals surface area contributed by atoms with E-state index in [1.165, 1.54) is 12.1 Å². The minimum atomic E-state index is -0.278. The Morgan fingerprint density at radius 1 is 1.09 bits per heavy atom. The fraction of sp³-hybridized carbons (Fsp3) is 0.391. The van der Waals surface area contributed by atoms with Crippen LogP contribution in [0.3, 0.4) is 0 Å². The zero-order valence-electron chi connectivity index (χ0n) is 18.4. The molecule has 0 bridgehead atoms. The Morgan fingerprint density at radius 2 is 1.81 bits per heavy atom. The number of benzene rings is 1. The number of carbonyl (C=O) groups is 1. The Balaban J connectivity index is 1.39. The lowest BCUT2D eigenvalue weighted by Gasteiger charge is -2.35. The molecule has 3 aromatic rings. The largest absolute Gasteiger partial charge is 0.465 e. The Kier molecular flexibility index (Phi) is 6.75. The number of aromatic nitrogens is 4. The van der Waals surface area contributed by atoms with E-state index in [1.54, 1.807) is 36.1 Å². The van der Waals surface area contributed by atoms with Crippen LogP contribution in [0.25, 0.3) is 11.3 Å². The molecular formula is C23H27FN6O2. The molecule has 4 rings (SSSR count). The molecule has 0 spiro atoms. The number of nitrogens with zero attached hydrogens (tertiary/aromatic N) is 6. The topological polar surface area (TPSA) is 76.4 Å². The van der Waals surface area contributed by atoms with Gasteiger partial charge in [-0.2, -0.15) is 5.10 Å². The number of rotatable bonds is 7. The lowest BCUT2D eigenvalue weighted by atomic mass is 10.1. The van der Waals surface area contributed by atoms with Crippen molar-refractivity contribution in [3.63, 3.8) is 0 Å². The highest BCUT2D eigenvalue weighted by Crippen LogP contribution is 2.27. The van der Waals surface area contributed by atoms with Gasteiger partial charge in [0, 0.05) is 61.9 Å². The van der Waals surface area contributed by atoms with Gasteiger partial charge < -0.3 is 9.64 Å². The van der Waals surface area contributed by atoms with Gasteiger partial charge in [0.15, 0.2) is 5.82 Å². The second-order valence-electron chi connectivity index (χ2n) is 7.72. The molecule has 9 heteroatoms. The van der Waals surface area contributed by atoms with Crippen molar-refractivity contribution in [2.24, 2.45) is 0 Å². The van der Waals surface area contributed by atoms with Crippen molar-refractivity contribution in [1.29, 1.82) is 0 Å². The molecule has 1 aliphatic rings. The van der Waals surface area contributed by atoms with Crippen molar-refractivity contribution in [3.8, 4) is 11.3 Å². The van der Waals surface area contributed by atoms with Crippen LogP contribution >= 0.6 is 0 Å². The van der Waals surface area contributed by atoms with E-state index in [9.17, 15) is 9.18 Å². The molecule has 0 aliphatic carbocycles. The van der Waals surface area contributed by atoms with Gasteiger partial charge in [-0.05, 0) is 38.1 Å². The van der Waals surface area contributed by atoms with Crippen LogP contribution in [0.1, 0.15) is 18.2 Å². The number of ether oxygens (including phenoxy) is 1. The van der Waals surface area contributed by atoms with E-state index in [1.807, 2.05) is 13.1 Å². The van der Waals surface area contributed by atoms with Crippen LogP contribution in [-0.4, -0.2) is 63.4 Å². The maximum Gasteiger partial charge on any atom is 0.327 e. The summed E-state index contributed by atoms with van der Waals surface area (Å²) in [7, 11) is 0. The molecule has 0 amide bonds. The monoisotopic (exact) mass is 438 g/mol. The van der Waals surface area contributed by atoms with Gasteiger partial charge in [-0.25, -0.2) is 9.37 Å². The number of hydrogen-bond acceptors (Lipinski definition) is 7. The predicted molar refractivity (Wildman–Crippen MR) is 119 cm³/mol. The average molecular weight is 439 g/mol. The Bertz CT molecular complexity index is 1060. The number of hydrogen-bond donors (Lipinski definition) is 0. The van der Waals surface area contributed by atoms with Gasteiger partial charge in [0.05, 0.1) is 12.8 Å². The van der Waals surface area contributed by atoms with E-state index in [0.29, 0.717) is 6.61 Å². The molecule has 168 valence electrons. The lowest BCUT2D eigenvalue weighted by molar-refractivity contribution is -0.144. The molecular weight excluding hydrogens is 411 g/mol. The van der Waals surface area contributed by atoms with E-state index in [-0.39, 0.29) is 18.3 Å². The molecule has 1 aromatic carbocycles. The fourth-order valence-corrected chi connectivity index (χ4v) is 3.86. The van der Waals surface area contributed by atoms with Crippen LogP contribution in [0.5, 0.6) is 0 Å². The first kappa shape index (κ1) is 21.9. The highest BCUT2D eigenvalue weighted by molar-refractivity contribution is 5.72. The lowest BCUT2D eigenvalue weighted by Crippen LogP contribution is -2.46. The maximum absolute atomic E-state index is 13.3. The minimum absolute atomic E-state index is 0.131. The molecule has 3 heterocycles. The number of carbonyl (C=O) groups excluding carboxylic acids is 1. The highest BCUT2D eigenvalue weighted by atomic mass is 19.1. The molecule has 1 aliphatic heterocycles. The first-order valence-electron chi connectivity index (χ1n) is 10.8. The van der Waals surface area contributed by atoms with Crippen molar-refractivity contribution >= 4 is 11.8 Å². The Morgan fingerprint density at radius 3 is 2.53 bits per heavy atom. The van der Waals surface area contributed by atoms with E-state index in [0.717, 1.165) is 61.1 Å². The van der Waals surface area contributed by atoms with Gasteiger partial charge >= 0.3 is 5.97 Å². The molecule has 0 atom stereocenters. The summed E-state index contributed by atoms with van der Waals surface area (Å²) >= 11 is 0. The molecule has 32 heavy (non-hydrogen) atoms. The molecule has 2 aromatic heterocycles. The number of esters is 1. The third kappa shape index (κ3) is 4.94. The summed E-state index contributed by atoms with van der Waals surface area (Å²) in [5.74, 6) is 0.269. The SMILES string of the molecule is CCOC(=O)Cn1ncc(CN2CCN(c3nccnc3-c3ccc(F)cc3)CC2)c1C. The zero-order chi connectivity index (χ0) is 22.5. The maximum atomic E-state index is 13.3. The summed E-state index contributed by atoms with van der Waals surface area (Å²) in [6.45, 7) is 8.38. The van der Waals surface area contributed by atoms with Crippen molar-refractivity contribution in [1.82, 2.24) is 24.6 Å². The summed E-state index contributed by atoms with van der Waals surface area (Å²) in [4.78, 5) is 25.4. The number of anilines is 1. The van der Waals surface area contributed by atoms with E-state index in [4.69, 9.17) is 4.74 Å². The van der Waals surface area contributed by atoms with E-state index in [2.05, 4.69) is 24.9 Å². The summed E-state index contributed by atoms with van der Waals surface area (Å²) in [6.07, 6.45) is 5.18. The van der Waals surface area contributed by atoms with E-state index < -0.39 is 0 Å². The number of halogens is 1. The molecule has 8 nitrogen and oxygen atoms in total. The number of piperazine rings is 1. The van der Waals surface area contributed by atoms with Gasteiger partial charge in [-0.15, -0.1) is 0 Å². The normalized spacial score (nSPS) is 14.5. The smallest absolute Gasteiger partial charge is 0.327 e. The standard InChI is InChI=1S/C23H27FN6O2/c1-3-32-21(31)16-30-17(2)19(14-27-30)15-28-10-12-29(13-11-28)23-22(25-8-9-26-23)18-4-6-20(24)7-5-18/h4-9,14H,3,10-13,15-16H2,1-2H3. The van der Waals surface area contributed by atoms with Crippen LogP contribution in [0.2, 0.25) is 0 Å². The fourth-order valence-electron chi connectivity index (χ4n) is 3.86. The van der Waals surface area contributed by atoms with Gasteiger partial charge in [0.25, 0.3) is 0 Å². The van der Waals surface area contributed by atoms with Crippen LogP contribution in [0.4, 0.5) is 10.2 Å². The second-order valence-corrected chi connectivity index (χ2v) is 7.72. The summed E-state index contributed by atoms with van der Waals surface area (Å²) in [5, 5.41) is 4.35. The molecule has 1 fully saturated rings. The third-order valence-electron chi connectivity index (χ3n) is 5.65. The van der Waals surface area contributed by atoms with Crippen LogP contribution in [-0.2, 0) is 22.6 Å². The third-order valence-corrected chi connectivity index (χ3v) is 5.65. The first-order valence-corrected chi connectivity index (χ1v) is 10.8. The van der Waals surface area contributed by atoms with Crippen molar-refractivity contribution in [2.45, 2.75) is 26.9 Å². The Labute approximate surface area is 186 Å².